The number of alkyl halides is 3. The molecule has 0 saturated carbocycles. The molecule has 2 aromatic rings. The molecule has 0 spiro atoms. The first-order valence-corrected chi connectivity index (χ1v) is 10.8. The highest BCUT2D eigenvalue weighted by molar-refractivity contribution is 6.01. The molecule has 2 saturated heterocycles. The van der Waals surface area contributed by atoms with E-state index in [1.54, 1.807) is 4.90 Å². The van der Waals surface area contributed by atoms with Crippen LogP contribution < -0.4 is 10.2 Å². The number of nitrogens with zero attached hydrogens (tertiary/aromatic N) is 2. The van der Waals surface area contributed by atoms with E-state index in [9.17, 15) is 22.8 Å². The molecule has 4 rings (SSSR count). The lowest BCUT2D eigenvalue weighted by molar-refractivity contribution is -0.137. The maximum atomic E-state index is 12.9. The van der Waals surface area contributed by atoms with Crippen LogP contribution in [0, 0.1) is 6.92 Å². The summed E-state index contributed by atoms with van der Waals surface area (Å²) in [5.74, 6) is -0.0553. The lowest BCUT2D eigenvalue weighted by Crippen LogP contribution is -2.49. The highest BCUT2D eigenvalue weighted by atomic mass is 19.4. The van der Waals surface area contributed by atoms with E-state index < -0.39 is 17.8 Å². The summed E-state index contributed by atoms with van der Waals surface area (Å²) in [6.45, 7) is 5.00. The van der Waals surface area contributed by atoms with Crippen LogP contribution in [0.3, 0.4) is 0 Å². The Labute approximate surface area is 185 Å². The average Bonchev–Trinajstić information content (AvgIpc) is 3.31. The van der Waals surface area contributed by atoms with Crippen molar-refractivity contribution in [1.82, 2.24) is 10.2 Å². The Bertz CT molecular complexity index is 1010. The molecule has 32 heavy (non-hydrogen) atoms. The van der Waals surface area contributed by atoms with Crippen molar-refractivity contribution in [2.75, 3.05) is 18.0 Å². The van der Waals surface area contributed by atoms with Crippen LogP contribution in [-0.4, -0.2) is 42.0 Å². The van der Waals surface area contributed by atoms with Gasteiger partial charge in [-0.15, -0.1) is 0 Å². The van der Waals surface area contributed by atoms with Gasteiger partial charge in [0.2, 0.25) is 5.91 Å². The highest BCUT2D eigenvalue weighted by Crippen LogP contribution is 2.34. The van der Waals surface area contributed by atoms with Gasteiger partial charge >= 0.3 is 12.2 Å². The van der Waals surface area contributed by atoms with E-state index in [0.717, 1.165) is 18.6 Å². The van der Waals surface area contributed by atoms with Gasteiger partial charge in [-0.3, -0.25) is 4.79 Å². The molecule has 5 nitrogen and oxygen atoms in total. The minimum absolute atomic E-state index is 0.0436. The van der Waals surface area contributed by atoms with Crippen LogP contribution in [0.4, 0.5) is 23.7 Å². The van der Waals surface area contributed by atoms with Crippen LogP contribution in [0.2, 0.25) is 0 Å². The predicted molar refractivity (Wildman–Crippen MR) is 115 cm³/mol. The first kappa shape index (κ1) is 22.2. The Hall–Kier alpha value is -3.03. The van der Waals surface area contributed by atoms with Crippen molar-refractivity contribution in [1.29, 1.82) is 0 Å². The number of carbonyl (C=O) groups is 2. The fourth-order valence-electron chi connectivity index (χ4n) is 4.72. The Balaban J connectivity index is 1.39. The van der Waals surface area contributed by atoms with Crippen LogP contribution in [0.15, 0.2) is 48.5 Å². The number of urea groups is 1. The number of rotatable bonds is 3. The smallest absolute Gasteiger partial charge is 0.326 e. The third kappa shape index (κ3) is 4.31. The molecule has 8 heteroatoms. The SMILES string of the molecule is Cc1ccccc1C1CC(C)N(C(=O)NC2CCN(c3ccc(C(F)(F)F)cc3)C2=O)C1. The summed E-state index contributed by atoms with van der Waals surface area (Å²) >= 11 is 0. The number of carbonyl (C=O) groups excluding carboxylic acids is 2. The molecule has 3 amide bonds. The minimum atomic E-state index is -4.42. The van der Waals surface area contributed by atoms with Gasteiger partial charge in [0.05, 0.1) is 5.56 Å². The second kappa shape index (κ2) is 8.48. The number of hydrogen-bond donors (Lipinski definition) is 1. The first-order valence-electron chi connectivity index (χ1n) is 10.8. The molecule has 2 aromatic carbocycles. The van der Waals surface area contributed by atoms with Crippen molar-refractivity contribution in [3.05, 3.63) is 65.2 Å². The summed E-state index contributed by atoms with van der Waals surface area (Å²) in [6.07, 6.45) is -3.16. The molecular weight excluding hydrogens is 419 g/mol. The van der Waals surface area contributed by atoms with E-state index in [2.05, 4.69) is 24.4 Å². The number of benzene rings is 2. The maximum Gasteiger partial charge on any atom is 0.416 e. The first-order chi connectivity index (χ1) is 15.1. The zero-order valence-corrected chi connectivity index (χ0v) is 18.0. The van der Waals surface area contributed by atoms with Crippen molar-refractivity contribution < 1.29 is 22.8 Å². The third-order valence-corrected chi connectivity index (χ3v) is 6.47. The summed E-state index contributed by atoms with van der Waals surface area (Å²) in [5.41, 5.74) is 2.07. The molecule has 3 atom stereocenters. The van der Waals surface area contributed by atoms with E-state index >= 15 is 0 Å². The number of hydrogen-bond acceptors (Lipinski definition) is 2. The topological polar surface area (TPSA) is 52.7 Å². The van der Waals surface area contributed by atoms with Gasteiger partial charge < -0.3 is 15.1 Å². The Morgan fingerprint density at radius 1 is 1.09 bits per heavy atom. The van der Waals surface area contributed by atoms with Crippen LogP contribution in [0.1, 0.15) is 42.4 Å². The van der Waals surface area contributed by atoms with Crippen LogP contribution in [0.5, 0.6) is 0 Å². The fraction of sp³-hybridized carbons (Fsp3) is 0.417. The third-order valence-electron chi connectivity index (χ3n) is 6.47. The van der Waals surface area contributed by atoms with Crippen molar-refractivity contribution in [3.8, 4) is 0 Å². The van der Waals surface area contributed by atoms with Crippen molar-refractivity contribution in [2.24, 2.45) is 0 Å². The van der Waals surface area contributed by atoms with Crippen LogP contribution >= 0.6 is 0 Å². The van der Waals surface area contributed by atoms with Gasteiger partial charge in [-0.25, -0.2) is 4.79 Å². The van der Waals surface area contributed by atoms with Crippen molar-refractivity contribution in [2.45, 2.75) is 50.9 Å². The summed E-state index contributed by atoms with van der Waals surface area (Å²) in [5, 5.41) is 2.84. The van der Waals surface area contributed by atoms with E-state index in [-0.39, 0.29) is 23.9 Å². The standard InChI is InChI=1S/C24H26F3N3O2/c1-15-5-3-4-6-20(15)17-13-16(2)30(14-17)23(32)28-21-11-12-29(22(21)31)19-9-7-18(8-10-19)24(25,26)27/h3-10,16-17,21H,11-14H2,1-2H3,(H,28,32). The molecule has 170 valence electrons. The largest absolute Gasteiger partial charge is 0.416 e. The van der Waals surface area contributed by atoms with E-state index in [1.807, 2.05) is 19.1 Å². The molecule has 2 aliphatic rings. The second-order valence-electron chi connectivity index (χ2n) is 8.62. The summed E-state index contributed by atoms with van der Waals surface area (Å²) in [7, 11) is 0. The molecule has 3 unspecified atom stereocenters. The number of nitrogens with one attached hydrogen (secondary N) is 1. The van der Waals surface area contributed by atoms with Gasteiger partial charge in [-0.1, -0.05) is 24.3 Å². The molecule has 0 aliphatic carbocycles. The molecule has 2 heterocycles. The van der Waals surface area contributed by atoms with Gasteiger partial charge in [0.25, 0.3) is 0 Å². The monoisotopic (exact) mass is 445 g/mol. The Morgan fingerprint density at radius 2 is 1.78 bits per heavy atom. The lowest BCUT2D eigenvalue weighted by Gasteiger charge is -2.24. The molecule has 0 radical (unpaired) electrons. The predicted octanol–water partition coefficient (Wildman–Crippen LogP) is 4.71. The van der Waals surface area contributed by atoms with E-state index in [1.165, 1.54) is 28.2 Å². The minimum Gasteiger partial charge on any atom is -0.326 e. The fourth-order valence-corrected chi connectivity index (χ4v) is 4.72. The summed E-state index contributed by atoms with van der Waals surface area (Å²) in [6, 6.07) is 11.8. The number of aryl methyl sites for hydroxylation is 1. The second-order valence-corrected chi connectivity index (χ2v) is 8.62. The van der Waals surface area contributed by atoms with E-state index in [0.29, 0.717) is 25.2 Å². The van der Waals surface area contributed by atoms with E-state index in [4.69, 9.17) is 0 Å². The van der Waals surface area contributed by atoms with Crippen molar-refractivity contribution in [3.63, 3.8) is 0 Å². The normalized spacial score (nSPS) is 23.7. The zero-order valence-electron chi connectivity index (χ0n) is 18.0. The zero-order chi connectivity index (χ0) is 23.0. The maximum absolute atomic E-state index is 12.9. The Kier molecular flexibility index (Phi) is 5.88. The molecule has 2 fully saturated rings. The van der Waals surface area contributed by atoms with Gasteiger partial charge in [0.1, 0.15) is 6.04 Å². The van der Waals surface area contributed by atoms with Gasteiger partial charge in [0.15, 0.2) is 0 Å². The molecule has 0 bridgehead atoms. The molecule has 0 aromatic heterocycles. The van der Waals surface area contributed by atoms with Crippen molar-refractivity contribution >= 4 is 17.6 Å². The van der Waals surface area contributed by atoms with Crippen LogP contribution in [-0.2, 0) is 11.0 Å². The lowest BCUT2D eigenvalue weighted by atomic mass is 9.93. The summed E-state index contributed by atoms with van der Waals surface area (Å²) < 4.78 is 38.4. The number of likely N-dealkylation sites (tertiary alicyclic amines) is 1. The number of halogens is 3. The highest BCUT2D eigenvalue weighted by Gasteiger charge is 2.38. The Morgan fingerprint density at radius 3 is 2.44 bits per heavy atom. The van der Waals surface area contributed by atoms with Gasteiger partial charge in [-0.2, -0.15) is 13.2 Å². The molecule has 2 aliphatic heterocycles. The molecule has 1 N–H and O–H groups in total. The average molecular weight is 445 g/mol. The van der Waals surface area contributed by atoms with Crippen LogP contribution in [0.25, 0.3) is 0 Å². The quantitative estimate of drug-likeness (QED) is 0.744. The number of amides is 3. The molecular formula is C24H26F3N3O2. The van der Waals surface area contributed by atoms with Gasteiger partial charge in [-0.05, 0) is 62.1 Å². The number of anilines is 1. The van der Waals surface area contributed by atoms with Gasteiger partial charge in [0, 0.05) is 30.7 Å². The summed E-state index contributed by atoms with van der Waals surface area (Å²) in [4.78, 5) is 29.0.